The summed E-state index contributed by atoms with van der Waals surface area (Å²) in [7, 11) is 0. The summed E-state index contributed by atoms with van der Waals surface area (Å²) in [6.07, 6.45) is 4.92. The molecule has 1 aromatic carbocycles. The fourth-order valence-corrected chi connectivity index (χ4v) is 3.22. The van der Waals surface area contributed by atoms with E-state index in [0.29, 0.717) is 13.0 Å². The number of benzene rings is 1. The van der Waals surface area contributed by atoms with Gasteiger partial charge in [-0.05, 0) is 43.9 Å². The molecule has 1 aromatic rings. The first-order chi connectivity index (χ1) is 11.7. The smallest absolute Gasteiger partial charge is 0.229 e. The zero-order valence-electron chi connectivity index (χ0n) is 14.6. The van der Waals surface area contributed by atoms with Gasteiger partial charge in [-0.1, -0.05) is 18.2 Å². The van der Waals surface area contributed by atoms with Crippen molar-refractivity contribution < 1.29 is 4.79 Å². The molecule has 0 saturated carbocycles. The fraction of sp³-hybridized carbons (Fsp3) is 0.556. The lowest BCUT2D eigenvalue weighted by molar-refractivity contribution is -0.117. The van der Waals surface area contributed by atoms with Crippen LogP contribution in [0.15, 0.2) is 35.3 Å². The van der Waals surface area contributed by atoms with E-state index in [9.17, 15) is 4.79 Å². The van der Waals surface area contributed by atoms with Crippen molar-refractivity contribution in [2.75, 3.05) is 36.5 Å². The monoisotopic (exact) mass is 348 g/mol. The number of carbonyl (C=O) groups is 1. The fourth-order valence-electron chi connectivity index (χ4n) is 2.72. The van der Waals surface area contributed by atoms with Gasteiger partial charge in [-0.3, -0.25) is 9.79 Å². The van der Waals surface area contributed by atoms with Crippen molar-refractivity contribution in [3.8, 4) is 0 Å². The zero-order valence-corrected chi connectivity index (χ0v) is 15.4. The second-order valence-corrected chi connectivity index (χ2v) is 6.83. The third-order valence-corrected chi connectivity index (χ3v) is 4.60. The molecule has 2 rings (SSSR count). The average molecular weight is 349 g/mol. The van der Waals surface area contributed by atoms with Crippen molar-refractivity contribution in [3.05, 3.63) is 30.3 Å². The number of guanidine groups is 1. The van der Waals surface area contributed by atoms with E-state index in [-0.39, 0.29) is 11.9 Å². The van der Waals surface area contributed by atoms with E-state index >= 15 is 0 Å². The Kier molecular flexibility index (Phi) is 7.95. The summed E-state index contributed by atoms with van der Waals surface area (Å²) < 4.78 is 0. The summed E-state index contributed by atoms with van der Waals surface area (Å²) in [6, 6.07) is 9.94. The lowest BCUT2D eigenvalue weighted by Gasteiger charge is -2.19. The first kappa shape index (κ1) is 18.6. The number of unbranched alkanes of at least 4 members (excludes halogenated alkanes) is 1. The van der Waals surface area contributed by atoms with Gasteiger partial charge in [-0.15, -0.1) is 0 Å². The van der Waals surface area contributed by atoms with Gasteiger partial charge >= 0.3 is 0 Å². The van der Waals surface area contributed by atoms with Crippen molar-refractivity contribution in [3.63, 3.8) is 0 Å². The molecule has 1 atom stereocenters. The second-order valence-electron chi connectivity index (χ2n) is 5.85. The molecule has 1 unspecified atom stereocenters. The molecule has 2 N–H and O–H groups in total. The Labute approximate surface area is 149 Å². The minimum atomic E-state index is 0.0988. The average Bonchev–Trinajstić information content (AvgIpc) is 2.96. The van der Waals surface area contributed by atoms with Gasteiger partial charge in [0, 0.05) is 31.7 Å². The molecule has 24 heavy (non-hydrogen) atoms. The van der Waals surface area contributed by atoms with Crippen LogP contribution in [0, 0.1) is 0 Å². The van der Waals surface area contributed by atoms with Crippen molar-refractivity contribution in [2.24, 2.45) is 4.99 Å². The molecule has 1 saturated heterocycles. The molecule has 1 fully saturated rings. The van der Waals surface area contributed by atoms with E-state index < -0.39 is 0 Å². The molecule has 5 nitrogen and oxygen atoms in total. The molecule has 0 aromatic heterocycles. The number of thioether (sulfide) groups is 1. The molecule has 0 aliphatic carbocycles. The van der Waals surface area contributed by atoms with Crippen LogP contribution in [0.4, 0.5) is 5.69 Å². The Bertz CT molecular complexity index is 535. The molecule has 1 aliphatic heterocycles. The molecule has 1 amide bonds. The molecular weight excluding hydrogens is 320 g/mol. The Morgan fingerprint density at radius 2 is 2.12 bits per heavy atom. The zero-order chi connectivity index (χ0) is 17.2. The standard InChI is InChI=1S/C18H28N4OS/c1-3-19-18(20-11-7-8-12-24-2)21-15-13-17(23)22(14-15)16-9-5-4-6-10-16/h4-6,9-10,15H,3,7-8,11-14H2,1-2H3,(H2,19,20,21). The molecule has 0 radical (unpaired) electrons. The topological polar surface area (TPSA) is 56.7 Å². The molecular formula is C18H28N4OS. The van der Waals surface area contributed by atoms with Crippen LogP contribution in [0.25, 0.3) is 0 Å². The van der Waals surface area contributed by atoms with Crippen molar-refractivity contribution in [1.82, 2.24) is 10.6 Å². The quantitative estimate of drug-likeness (QED) is 0.430. The number of nitrogens with zero attached hydrogens (tertiary/aromatic N) is 2. The van der Waals surface area contributed by atoms with Crippen molar-refractivity contribution in [2.45, 2.75) is 32.2 Å². The van der Waals surface area contributed by atoms with Crippen molar-refractivity contribution in [1.29, 1.82) is 0 Å². The highest BCUT2D eigenvalue weighted by Gasteiger charge is 2.30. The van der Waals surface area contributed by atoms with E-state index in [1.807, 2.05) is 47.0 Å². The van der Waals surface area contributed by atoms with E-state index in [4.69, 9.17) is 0 Å². The summed E-state index contributed by atoms with van der Waals surface area (Å²) >= 11 is 1.87. The molecule has 132 valence electrons. The summed E-state index contributed by atoms with van der Waals surface area (Å²) in [5.41, 5.74) is 0.964. The van der Waals surface area contributed by atoms with Crippen LogP contribution < -0.4 is 15.5 Å². The summed E-state index contributed by atoms with van der Waals surface area (Å²) in [4.78, 5) is 18.8. The predicted octanol–water partition coefficient (Wildman–Crippen LogP) is 2.49. The maximum Gasteiger partial charge on any atom is 0.229 e. The maximum atomic E-state index is 12.3. The number of nitrogens with one attached hydrogen (secondary N) is 2. The Morgan fingerprint density at radius 1 is 1.33 bits per heavy atom. The third-order valence-electron chi connectivity index (χ3n) is 3.90. The molecule has 1 heterocycles. The minimum absolute atomic E-state index is 0.0988. The van der Waals surface area contributed by atoms with E-state index in [2.05, 4.69) is 28.8 Å². The highest BCUT2D eigenvalue weighted by atomic mass is 32.2. The van der Waals surface area contributed by atoms with Gasteiger partial charge in [0.2, 0.25) is 5.91 Å². The highest BCUT2D eigenvalue weighted by Crippen LogP contribution is 2.20. The number of para-hydroxylation sites is 1. The van der Waals surface area contributed by atoms with Crippen LogP contribution >= 0.6 is 11.8 Å². The number of anilines is 1. The predicted molar refractivity (Wildman–Crippen MR) is 104 cm³/mol. The molecule has 0 spiro atoms. The van der Waals surface area contributed by atoms with Crippen LogP contribution in [-0.4, -0.2) is 49.6 Å². The Morgan fingerprint density at radius 3 is 2.83 bits per heavy atom. The number of rotatable bonds is 8. The molecule has 6 heteroatoms. The van der Waals surface area contributed by atoms with Crippen LogP contribution in [0.3, 0.4) is 0 Å². The minimum Gasteiger partial charge on any atom is -0.357 e. The Balaban J connectivity index is 1.88. The van der Waals surface area contributed by atoms with Gasteiger partial charge in [-0.2, -0.15) is 11.8 Å². The van der Waals surface area contributed by atoms with Gasteiger partial charge in [-0.25, -0.2) is 0 Å². The lowest BCUT2D eigenvalue weighted by atomic mass is 10.2. The lowest BCUT2D eigenvalue weighted by Crippen LogP contribution is -2.44. The van der Waals surface area contributed by atoms with Gasteiger partial charge in [0.1, 0.15) is 0 Å². The van der Waals surface area contributed by atoms with Crippen LogP contribution in [0.2, 0.25) is 0 Å². The third kappa shape index (κ3) is 5.74. The van der Waals surface area contributed by atoms with E-state index in [0.717, 1.165) is 31.2 Å². The van der Waals surface area contributed by atoms with Crippen molar-refractivity contribution >= 4 is 29.3 Å². The summed E-state index contributed by atoms with van der Waals surface area (Å²) in [5.74, 6) is 2.16. The summed E-state index contributed by atoms with van der Waals surface area (Å²) in [6.45, 7) is 4.37. The largest absolute Gasteiger partial charge is 0.357 e. The van der Waals surface area contributed by atoms with Gasteiger partial charge in [0.25, 0.3) is 0 Å². The van der Waals surface area contributed by atoms with Gasteiger partial charge in [0.05, 0.1) is 6.04 Å². The van der Waals surface area contributed by atoms with Crippen LogP contribution in [-0.2, 0) is 4.79 Å². The Hall–Kier alpha value is -1.69. The first-order valence-corrected chi connectivity index (χ1v) is 10.0. The van der Waals surface area contributed by atoms with E-state index in [1.165, 1.54) is 12.2 Å². The maximum absolute atomic E-state index is 12.3. The highest BCUT2D eigenvalue weighted by molar-refractivity contribution is 7.98. The van der Waals surface area contributed by atoms with Gasteiger partial charge < -0.3 is 15.5 Å². The van der Waals surface area contributed by atoms with Gasteiger partial charge in [0.15, 0.2) is 5.96 Å². The number of carbonyl (C=O) groups excluding carboxylic acids is 1. The number of hydrogen-bond acceptors (Lipinski definition) is 3. The van der Waals surface area contributed by atoms with Crippen LogP contribution in [0.5, 0.6) is 0 Å². The van der Waals surface area contributed by atoms with E-state index in [1.54, 1.807) is 0 Å². The normalized spacial score (nSPS) is 18.1. The number of amides is 1. The van der Waals surface area contributed by atoms with Crippen LogP contribution in [0.1, 0.15) is 26.2 Å². The first-order valence-electron chi connectivity index (χ1n) is 8.63. The number of aliphatic imine (C=N–C) groups is 1. The molecule has 0 bridgehead atoms. The SMILES string of the molecule is CCNC(=NCCCCSC)NC1CC(=O)N(c2ccccc2)C1. The summed E-state index contributed by atoms with van der Waals surface area (Å²) in [5, 5.41) is 6.68. The molecule has 1 aliphatic rings. The number of hydrogen-bond donors (Lipinski definition) is 2. The second kappa shape index (κ2) is 10.2.